The molecule has 114 valence electrons. The zero-order valence-electron chi connectivity index (χ0n) is 13.0. The van der Waals surface area contributed by atoms with E-state index in [0.717, 1.165) is 0 Å². The van der Waals surface area contributed by atoms with Crippen molar-refractivity contribution in [2.24, 2.45) is 0 Å². The number of urea groups is 1. The van der Waals surface area contributed by atoms with Gasteiger partial charge in [-0.15, -0.1) is 0 Å². The van der Waals surface area contributed by atoms with Crippen LogP contribution in [0.3, 0.4) is 0 Å². The van der Waals surface area contributed by atoms with Crippen LogP contribution in [0.2, 0.25) is 0 Å². The predicted molar refractivity (Wildman–Crippen MR) is 88.0 cm³/mol. The van der Waals surface area contributed by atoms with Crippen LogP contribution in [0.25, 0.3) is 0 Å². The Kier molecular flexibility index (Phi) is 4.61. The summed E-state index contributed by atoms with van der Waals surface area (Å²) in [6.45, 7) is 5.63. The lowest BCUT2D eigenvalue weighted by Gasteiger charge is -2.27. The minimum absolute atomic E-state index is 0.353. The van der Waals surface area contributed by atoms with Crippen molar-refractivity contribution < 1.29 is 9.59 Å². The smallest absolute Gasteiger partial charge is 0.329 e. The SMILES string of the molecule is CC(C)(C)NC(=O)N(C(=O)c1ccccc1)c1ccccc1. The first-order chi connectivity index (χ1) is 10.4. The van der Waals surface area contributed by atoms with Gasteiger partial charge in [0.25, 0.3) is 5.91 Å². The van der Waals surface area contributed by atoms with Crippen molar-refractivity contribution >= 4 is 17.6 Å². The number of amides is 3. The van der Waals surface area contributed by atoms with Crippen LogP contribution >= 0.6 is 0 Å². The highest BCUT2D eigenvalue weighted by Gasteiger charge is 2.27. The molecule has 0 fully saturated rings. The second-order valence-corrected chi connectivity index (χ2v) is 6.02. The highest BCUT2D eigenvalue weighted by Crippen LogP contribution is 2.18. The van der Waals surface area contributed by atoms with Crippen molar-refractivity contribution in [2.75, 3.05) is 4.90 Å². The van der Waals surface area contributed by atoms with E-state index in [-0.39, 0.29) is 5.91 Å². The summed E-state index contributed by atoms with van der Waals surface area (Å²) in [7, 11) is 0. The minimum Gasteiger partial charge on any atom is -0.333 e. The zero-order chi connectivity index (χ0) is 16.2. The number of carbonyl (C=O) groups excluding carboxylic acids is 2. The maximum atomic E-state index is 12.7. The Morgan fingerprint density at radius 2 is 1.36 bits per heavy atom. The molecule has 0 aliphatic heterocycles. The monoisotopic (exact) mass is 296 g/mol. The van der Waals surface area contributed by atoms with Crippen molar-refractivity contribution in [3.05, 3.63) is 66.2 Å². The van der Waals surface area contributed by atoms with E-state index in [9.17, 15) is 9.59 Å². The molecule has 0 spiro atoms. The fraction of sp³-hybridized carbons (Fsp3) is 0.222. The molecule has 0 saturated heterocycles. The molecule has 0 saturated carbocycles. The lowest BCUT2D eigenvalue weighted by atomic mass is 10.1. The molecule has 0 heterocycles. The Bertz CT molecular complexity index is 646. The van der Waals surface area contributed by atoms with Crippen LogP contribution in [-0.2, 0) is 0 Å². The van der Waals surface area contributed by atoms with Gasteiger partial charge in [0, 0.05) is 11.1 Å². The third kappa shape index (κ3) is 3.95. The molecule has 4 heteroatoms. The van der Waals surface area contributed by atoms with Crippen LogP contribution in [0.15, 0.2) is 60.7 Å². The molecule has 2 aromatic rings. The molecule has 4 nitrogen and oxygen atoms in total. The Hall–Kier alpha value is -2.62. The van der Waals surface area contributed by atoms with E-state index in [1.54, 1.807) is 48.5 Å². The summed E-state index contributed by atoms with van der Waals surface area (Å²) in [5.74, 6) is -0.353. The fourth-order valence-electron chi connectivity index (χ4n) is 1.99. The standard InChI is InChI=1S/C18H20N2O2/c1-18(2,3)19-17(22)20(15-12-8-5-9-13-15)16(21)14-10-6-4-7-11-14/h4-13H,1-3H3,(H,19,22). The lowest BCUT2D eigenvalue weighted by molar-refractivity contribution is 0.0993. The van der Waals surface area contributed by atoms with Gasteiger partial charge >= 0.3 is 6.03 Å². The quantitative estimate of drug-likeness (QED) is 0.915. The topological polar surface area (TPSA) is 49.4 Å². The molecular formula is C18H20N2O2. The largest absolute Gasteiger partial charge is 0.333 e. The van der Waals surface area contributed by atoms with Crippen molar-refractivity contribution in [2.45, 2.75) is 26.3 Å². The maximum absolute atomic E-state index is 12.7. The van der Waals surface area contributed by atoms with E-state index in [0.29, 0.717) is 11.3 Å². The van der Waals surface area contributed by atoms with Crippen LogP contribution in [0.1, 0.15) is 31.1 Å². The first-order valence-electron chi connectivity index (χ1n) is 7.15. The van der Waals surface area contributed by atoms with E-state index in [4.69, 9.17) is 0 Å². The van der Waals surface area contributed by atoms with Gasteiger partial charge in [-0.2, -0.15) is 0 Å². The number of imide groups is 1. The maximum Gasteiger partial charge on any atom is 0.329 e. The van der Waals surface area contributed by atoms with Gasteiger partial charge in [0.1, 0.15) is 0 Å². The first-order valence-corrected chi connectivity index (χ1v) is 7.15. The Balaban J connectivity index is 2.38. The van der Waals surface area contributed by atoms with Gasteiger partial charge in [-0.1, -0.05) is 36.4 Å². The van der Waals surface area contributed by atoms with Crippen molar-refractivity contribution in [1.29, 1.82) is 0 Å². The summed E-state index contributed by atoms with van der Waals surface area (Å²) >= 11 is 0. The summed E-state index contributed by atoms with van der Waals surface area (Å²) in [6, 6.07) is 17.3. The summed E-state index contributed by atoms with van der Waals surface area (Å²) < 4.78 is 0. The number of benzene rings is 2. The van der Waals surface area contributed by atoms with Crippen LogP contribution in [0.4, 0.5) is 10.5 Å². The Morgan fingerprint density at radius 3 is 1.86 bits per heavy atom. The molecule has 0 bridgehead atoms. The van der Waals surface area contributed by atoms with E-state index in [1.165, 1.54) is 4.90 Å². The van der Waals surface area contributed by atoms with E-state index in [1.807, 2.05) is 32.9 Å². The lowest BCUT2D eigenvalue weighted by Crippen LogP contribution is -2.50. The molecule has 0 aliphatic rings. The van der Waals surface area contributed by atoms with Gasteiger partial charge < -0.3 is 5.32 Å². The molecule has 2 rings (SSSR count). The molecule has 22 heavy (non-hydrogen) atoms. The number of rotatable bonds is 2. The number of nitrogens with zero attached hydrogens (tertiary/aromatic N) is 1. The van der Waals surface area contributed by atoms with Gasteiger partial charge in [0.2, 0.25) is 0 Å². The molecule has 0 radical (unpaired) electrons. The van der Waals surface area contributed by atoms with E-state index in [2.05, 4.69) is 5.32 Å². The number of nitrogens with one attached hydrogen (secondary N) is 1. The average molecular weight is 296 g/mol. The number of hydrogen-bond acceptors (Lipinski definition) is 2. The molecule has 0 aromatic heterocycles. The molecule has 1 N–H and O–H groups in total. The number of anilines is 1. The Morgan fingerprint density at radius 1 is 0.864 bits per heavy atom. The minimum atomic E-state index is -0.437. The first kappa shape index (κ1) is 15.8. The van der Waals surface area contributed by atoms with Gasteiger partial charge in [-0.3, -0.25) is 4.79 Å². The average Bonchev–Trinajstić information content (AvgIpc) is 2.47. The molecule has 2 aromatic carbocycles. The van der Waals surface area contributed by atoms with Crippen molar-refractivity contribution in [1.82, 2.24) is 5.32 Å². The van der Waals surface area contributed by atoms with Gasteiger partial charge in [-0.25, -0.2) is 9.69 Å². The number of para-hydroxylation sites is 1. The van der Waals surface area contributed by atoms with E-state index < -0.39 is 11.6 Å². The zero-order valence-corrected chi connectivity index (χ0v) is 13.0. The van der Waals surface area contributed by atoms with Crippen LogP contribution in [0, 0.1) is 0 Å². The molecule has 3 amide bonds. The second-order valence-electron chi connectivity index (χ2n) is 6.02. The van der Waals surface area contributed by atoms with E-state index >= 15 is 0 Å². The second kappa shape index (κ2) is 6.43. The summed E-state index contributed by atoms with van der Waals surface area (Å²) in [4.78, 5) is 26.5. The molecule has 0 unspecified atom stereocenters. The number of carbonyl (C=O) groups is 2. The number of hydrogen-bond donors (Lipinski definition) is 1. The van der Waals surface area contributed by atoms with Gasteiger partial charge in [-0.05, 0) is 45.0 Å². The predicted octanol–water partition coefficient (Wildman–Crippen LogP) is 3.84. The van der Waals surface area contributed by atoms with Gasteiger partial charge in [0.15, 0.2) is 0 Å². The van der Waals surface area contributed by atoms with Crippen LogP contribution in [-0.4, -0.2) is 17.5 Å². The summed E-state index contributed by atoms with van der Waals surface area (Å²) in [6.07, 6.45) is 0. The summed E-state index contributed by atoms with van der Waals surface area (Å²) in [5.41, 5.74) is 0.578. The molecule has 0 aliphatic carbocycles. The third-order valence-electron chi connectivity index (χ3n) is 2.92. The van der Waals surface area contributed by atoms with Crippen LogP contribution < -0.4 is 10.2 Å². The normalized spacial score (nSPS) is 10.9. The Labute approximate surface area is 130 Å². The highest BCUT2D eigenvalue weighted by atomic mass is 16.2. The van der Waals surface area contributed by atoms with Crippen molar-refractivity contribution in [3.8, 4) is 0 Å². The summed E-state index contributed by atoms with van der Waals surface area (Å²) in [5, 5.41) is 2.83. The van der Waals surface area contributed by atoms with Crippen molar-refractivity contribution in [3.63, 3.8) is 0 Å². The molecular weight excluding hydrogens is 276 g/mol. The van der Waals surface area contributed by atoms with Gasteiger partial charge in [0.05, 0.1) is 5.69 Å². The third-order valence-corrected chi connectivity index (χ3v) is 2.92. The highest BCUT2D eigenvalue weighted by molar-refractivity contribution is 6.20. The van der Waals surface area contributed by atoms with Crippen LogP contribution in [0.5, 0.6) is 0 Å². The fourth-order valence-corrected chi connectivity index (χ4v) is 1.99. The molecule has 0 atom stereocenters.